The van der Waals surface area contributed by atoms with Crippen LogP contribution in [0.2, 0.25) is 5.02 Å². The number of hydrogen-bond donors (Lipinski definition) is 0. The van der Waals surface area contributed by atoms with Crippen LogP contribution in [-0.2, 0) is 4.79 Å². The summed E-state index contributed by atoms with van der Waals surface area (Å²) in [4.78, 5) is 14.6. The summed E-state index contributed by atoms with van der Waals surface area (Å²) in [6.45, 7) is 11.1. The van der Waals surface area contributed by atoms with Gasteiger partial charge in [-0.05, 0) is 56.2 Å². The lowest BCUT2D eigenvalue weighted by Crippen LogP contribution is -2.27. The summed E-state index contributed by atoms with van der Waals surface area (Å²) in [6.07, 6.45) is 3.40. The van der Waals surface area contributed by atoms with Crippen molar-refractivity contribution in [3.8, 4) is 17.2 Å². The highest BCUT2D eigenvalue weighted by Crippen LogP contribution is 2.39. The summed E-state index contributed by atoms with van der Waals surface area (Å²) in [5, 5.41) is 0.389. The van der Waals surface area contributed by atoms with Gasteiger partial charge >= 0.3 is 0 Å². The number of nitrogens with zero attached hydrogens (tertiary/aromatic N) is 1. The average molecular weight is 504 g/mol. The van der Waals surface area contributed by atoms with Gasteiger partial charge in [0.1, 0.15) is 23.3 Å². The van der Waals surface area contributed by atoms with Crippen LogP contribution in [-0.4, -0.2) is 41.5 Å². The number of benzene rings is 2. The fraction of sp³-hybridized carbons (Fsp3) is 0.280. The van der Waals surface area contributed by atoms with E-state index in [1.54, 1.807) is 24.3 Å². The van der Waals surface area contributed by atoms with E-state index >= 15 is 0 Å². The molecule has 1 fully saturated rings. The number of rotatable bonds is 10. The van der Waals surface area contributed by atoms with E-state index in [-0.39, 0.29) is 5.91 Å². The number of aryl methyl sites for hydroxylation is 2. The Morgan fingerprint density at radius 1 is 1.12 bits per heavy atom. The number of carbonyl (C=O) groups excluding carboxylic acids is 1. The highest BCUT2D eigenvalue weighted by molar-refractivity contribution is 8.26. The Morgan fingerprint density at radius 2 is 1.88 bits per heavy atom. The molecule has 0 atom stereocenters. The van der Waals surface area contributed by atoms with Crippen LogP contribution in [0.5, 0.6) is 17.2 Å². The third-order valence-corrected chi connectivity index (χ3v) is 6.39. The van der Waals surface area contributed by atoms with Crippen molar-refractivity contribution in [1.29, 1.82) is 0 Å². The predicted octanol–water partition coefficient (Wildman–Crippen LogP) is 6.20. The molecule has 5 nitrogen and oxygen atoms in total. The maximum Gasteiger partial charge on any atom is 0.266 e. The van der Waals surface area contributed by atoms with Gasteiger partial charge in [0.05, 0.1) is 16.5 Å². The second kappa shape index (κ2) is 11.6. The van der Waals surface area contributed by atoms with Crippen LogP contribution >= 0.6 is 35.6 Å². The summed E-state index contributed by atoms with van der Waals surface area (Å²) in [5.41, 5.74) is 2.99. The molecule has 0 N–H and O–H groups in total. The number of thiocarbonyl (C=S) groups is 1. The van der Waals surface area contributed by atoms with Gasteiger partial charge < -0.3 is 14.2 Å². The maximum absolute atomic E-state index is 12.6. The Hall–Kier alpha value is -2.48. The molecule has 174 valence electrons. The first kappa shape index (κ1) is 25.1. The monoisotopic (exact) mass is 503 g/mol. The highest BCUT2D eigenvalue weighted by Gasteiger charge is 2.31. The van der Waals surface area contributed by atoms with E-state index in [1.807, 2.05) is 32.9 Å². The summed E-state index contributed by atoms with van der Waals surface area (Å²) >= 11 is 13.1. The van der Waals surface area contributed by atoms with Gasteiger partial charge in [-0.2, -0.15) is 0 Å². The van der Waals surface area contributed by atoms with Gasteiger partial charge in [-0.1, -0.05) is 59.4 Å². The van der Waals surface area contributed by atoms with Crippen molar-refractivity contribution in [2.45, 2.75) is 20.8 Å². The first-order chi connectivity index (χ1) is 15.8. The summed E-state index contributed by atoms with van der Waals surface area (Å²) in [6, 6.07) is 9.58. The molecule has 0 spiro atoms. The van der Waals surface area contributed by atoms with E-state index < -0.39 is 0 Å². The predicted molar refractivity (Wildman–Crippen MR) is 140 cm³/mol. The van der Waals surface area contributed by atoms with E-state index in [0.29, 0.717) is 52.1 Å². The van der Waals surface area contributed by atoms with Gasteiger partial charge in [0.15, 0.2) is 11.5 Å². The van der Waals surface area contributed by atoms with Crippen molar-refractivity contribution >= 4 is 51.9 Å². The Labute approximate surface area is 209 Å². The van der Waals surface area contributed by atoms with Crippen LogP contribution in [0.15, 0.2) is 47.9 Å². The summed E-state index contributed by atoms with van der Waals surface area (Å²) in [5.74, 6) is 1.62. The topological polar surface area (TPSA) is 48.0 Å². The fourth-order valence-corrected chi connectivity index (χ4v) is 4.82. The van der Waals surface area contributed by atoms with Crippen molar-refractivity contribution in [3.05, 3.63) is 69.6 Å². The van der Waals surface area contributed by atoms with E-state index in [1.165, 1.54) is 22.2 Å². The zero-order chi connectivity index (χ0) is 24.0. The number of hydrogen-bond acceptors (Lipinski definition) is 6. The molecule has 1 heterocycles. The third kappa shape index (κ3) is 6.31. The van der Waals surface area contributed by atoms with Crippen LogP contribution in [0.1, 0.15) is 23.6 Å². The van der Waals surface area contributed by atoms with Gasteiger partial charge in [-0.3, -0.25) is 9.69 Å². The minimum atomic E-state index is -0.150. The molecule has 0 radical (unpaired) electrons. The van der Waals surface area contributed by atoms with Crippen molar-refractivity contribution in [3.63, 3.8) is 0 Å². The van der Waals surface area contributed by atoms with Gasteiger partial charge in [0.25, 0.3) is 5.91 Å². The largest absolute Gasteiger partial charge is 0.490 e. The first-order valence-electron chi connectivity index (χ1n) is 10.5. The fourth-order valence-electron chi connectivity index (χ4n) is 3.27. The minimum absolute atomic E-state index is 0.150. The molecule has 0 aromatic heterocycles. The van der Waals surface area contributed by atoms with Gasteiger partial charge in [0, 0.05) is 6.54 Å². The average Bonchev–Trinajstić information content (AvgIpc) is 3.02. The second-order valence-electron chi connectivity index (χ2n) is 7.31. The maximum atomic E-state index is 12.6. The number of halogens is 1. The molecular formula is C25H26ClNO4S2. The standard InChI is InChI=1S/C25H26ClNO4S2/c1-5-9-27-24(28)22(33-25(27)32)15-18-13-19(26)23(21(14-18)29-6-2)31-11-10-30-20-8-7-16(3)12-17(20)4/h5,7-8,12-15H,1,6,9-11H2,2-4H3. The van der Waals surface area contributed by atoms with Crippen LogP contribution < -0.4 is 14.2 Å². The van der Waals surface area contributed by atoms with Gasteiger partial charge in [-0.25, -0.2) is 0 Å². The van der Waals surface area contributed by atoms with Gasteiger partial charge in [0.2, 0.25) is 0 Å². The molecule has 1 aliphatic rings. The molecule has 0 unspecified atom stereocenters. The lowest BCUT2D eigenvalue weighted by Gasteiger charge is -2.15. The molecule has 1 aliphatic heterocycles. The lowest BCUT2D eigenvalue weighted by molar-refractivity contribution is -0.121. The molecular weight excluding hydrogens is 478 g/mol. The zero-order valence-corrected chi connectivity index (χ0v) is 21.2. The second-order valence-corrected chi connectivity index (χ2v) is 9.39. The highest BCUT2D eigenvalue weighted by atomic mass is 35.5. The van der Waals surface area contributed by atoms with E-state index in [2.05, 4.69) is 12.6 Å². The molecule has 1 saturated heterocycles. The summed E-state index contributed by atoms with van der Waals surface area (Å²) < 4.78 is 18.0. The van der Waals surface area contributed by atoms with Crippen molar-refractivity contribution < 1.29 is 19.0 Å². The Balaban J connectivity index is 1.72. The van der Waals surface area contributed by atoms with Crippen LogP contribution in [0, 0.1) is 13.8 Å². The molecule has 0 saturated carbocycles. The minimum Gasteiger partial charge on any atom is -0.490 e. The molecule has 0 bridgehead atoms. The number of carbonyl (C=O) groups is 1. The molecule has 8 heteroatoms. The molecule has 33 heavy (non-hydrogen) atoms. The smallest absolute Gasteiger partial charge is 0.266 e. The summed E-state index contributed by atoms with van der Waals surface area (Å²) in [7, 11) is 0. The number of ether oxygens (including phenoxy) is 3. The van der Waals surface area contributed by atoms with E-state index in [0.717, 1.165) is 16.9 Å². The van der Waals surface area contributed by atoms with Crippen molar-refractivity contribution in [2.24, 2.45) is 0 Å². The zero-order valence-electron chi connectivity index (χ0n) is 18.9. The third-order valence-electron chi connectivity index (χ3n) is 4.73. The van der Waals surface area contributed by atoms with E-state index in [4.69, 9.17) is 38.0 Å². The van der Waals surface area contributed by atoms with Crippen LogP contribution in [0.4, 0.5) is 0 Å². The first-order valence-corrected chi connectivity index (χ1v) is 12.1. The van der Waals surface area contributed by atoms with E-state index in [9.17, 15) is 4.79 Å². The van der Waals surface area contributed by atoms with Gasteiger partial charge in [-0.15, -0.1) is 6.58 Å². The van der Waals surface area contributed by atoms with Crippen molar-refractivity contribution in [1.82, 2.24) is 4.90 Å². The number of thioether (sulfide) groups is 1. The molecule has 3 rings (SSSR count). The molecule has 2 aromatic rings. The number of amides is 1. The molecule has 2 aromatic carbocycles. The molecule has 0 aliphatic carbocycles. The van der Waals surface area contributed by atoms with Crippen molar-refractivity contribution in [2.75, 3.05) is 26.4 Å². The molecule has 1 amide bonds. The SMILES string of the molecule is C=CCN1C(=O)C(=Cc2cc(Cl)c(OCCOc3ccc(C)cc3C)c(OCC)c2)SC1=S. The van der Waals surface area contributed by atoms with Crippen LogP contribution in [0.3, 0.4) is 0 Å². The Morgan fingerprint density at radius 3 is 2.58 bits per heavy atom. The van der Waals surface area contributed by atoms with Crippen LogP contribution in [0.25, 0.3) is 6.08 Å². The Kier molecular flexibility index (Phi) is 8.83. The Bertz CT molecular complexity index is 1100. The lowest BCUT2D eigenvalue weighted by atomic mass is 10.1. The quantitative estimate of drug-likeness (QED) is 0.166. The normalized spacial score (nSPS) is 14.7.